The van der Waals surface area contributed by atoms with Crippen LogP contribution in [0.5, 0.6) is 5.75 Å². The lowest BCUT2D eigenvalue weighted by atomic mass is 9.96. The molecule has 0 spiro atoms. The number of amides is 2. The summed E-state index contributed by atoms with van der Waals surface area (Å²) in [5.74, 6) is -1.53. The van der Waals surface area contributed by atoms with Gasteiger partial charge in [-0.1, -0.05) is 30.3 Å². The highest BCUT2D eigenvalue weighted by atomic mass is 16.5. The van der Waals surface area contributed by atoms with E-state index in [4.69, 9.17) is 29.5 Å². The number of nitrogens with zero attached hydrogens (tertiary/aromatic N) is 3. The highest BCUT2D eigenvalue weighted by molar-refractivity contribution is 6.27. The Morgan fingerprint density at radius 3 is 2.05 bits per heavy atom. The standard InChI is InChI=1S/C30H33N5O3.C2H2O4/c1-22(36)31-24-11-13-25(14-12-24)32-30(37)20-34-17-15-23(16-18-34)19-35-28-10-6-5-9-27(28)33-29(35)21-38-26-7-3-2-4-8-26;3-1(4)2(5)6/h2-14,23H,15-21H2,1H3,(H,31,36)(H,32,37);(H,3,4)(H,5,6). The number of aliphatic carboxylic acids is 2. The molecule has 0 atom stereocenters. The van der Waals surface area contributed by atoms with Crippen LogP contribution in [0.4, 0.5) is 11.4 Å². The summed E-state index contributed by atoms with van der Waals surface area (Å²) in [5.41, 5.74) is 3.54. The van der Waals surface area contributed by atoms with Gasteiger partial charge in [-0.3, -0.25) is 14.5 Å². The largest absolute Gasteiger partial charge is 0.486 e. The monoisotopic (exact) mass is 601 g/mol. The van der Waals surface area contributed by atoms with Crippen molar-refractivity contribution in [2.75, 3.05) is 30.3 Å². The number of hydrogen-bond donors (Lipinski definition) is 4. The van der Waals surface area contributed by atoms with Crippen molar-refractivity contribution >= 4 is 46.2 Å². The van der Waals surface area contributed by atoms with Crippen LogP contribution >= 0.6 is 0 Å². The van der Waals surface area contributed by atoms with Gasteiger partial charge in [0.15, 0.2) is 0 Å². The Labute approximate surface area is 254 Å². The van der Waals surface area contributed by atoms with E-state index in [1.165, 1.54) is 6.92 Å². The van der Waals surface area contributed by atoms with Crippen LogP contribution in [-0.4, -0.2) is 68.1 Å². The average Bonchev–Trinajstić information content (AvgIpc) is 3.35. The zero-order chi connectivity index (χ0) is 31.5. The Kier molecular flexibility index (Phi) is 11.0. The first-order valence-electron chi connectivity index (χ1n) is 14.2. The lowest BCUT2D eigenvalue weighted by Gasteiger charge is -2.32. The molecule has 4 aromatic rings. The fourth-order valence-electron chi connectivity index (χ4n) is 4.93. The first-order chi connectivity index (χ1) is 21.2. The first-order valence-corrected chi connectivity index (χ1v) is 14.2. The molecule has 0 unspecified atom stereocenters. The fraction of sp³-hybridized carbons (Fsp3) is 0.281. The topological polar surface area (TPSA) is 163 Å². The summed E-state index contributed by atoms with van der Waals surface area (Å²) in [6, 6.07) is 25.2. The van der Waals surface area contributed by atoms with E-state index in [-0.39, 0.29) is 11.8 Å². The third kappa shape index (κ3) is 9.39. The molecule has 230 valence electrons. The zero-order valence-corrected chi connectivity index (χ0v) is 24.3. The Morgan fingerprint density at radius 1 is 0.841 bits per heavy atom. The summed E-state index contributed by atoms with van der Waals surface area (Å²) < 4.78 is 8.33. The van der Waals surface area contributed by atoms with Crippen molar-refractivity contribution in [2.45, 2.75) is 32.9 Å². The van der Waals surface area contributed by atoms with E-state index in [1.54, 1.807) is 24.3 Å². The van der Waals surface area contributed by atoms with Gasteiger partial charge in [-0.05, 0) is 80.4 Å². The summed E-state index contributed by atoms with van der Waals surface area (Å²) in [7, 11) is 0. The number of rotatable bonds is 9. The van der Waals surface area contributed by atoms with Crippen molar-refractivity contribution in [3.05, 3.63) is 84.7 Å². The van der Waals surface area contributed by atoms with E-state index in [0.717, 1.165) is 60.8 Å². The van der Waals surface area contributed by atoms with Crippen LogP contribution in [0.15, 0.2) is 78.9 Å². The minimum Gasteiger partial charge on any atom is -0.486 e. The van der Waals surface area contributed by atoms with E-state index >= 15 is 0 Å². The molecule has 44 heavy (non-hydrogen) atoms. The molecule has 1 aliphatic heterocycles. The second kappa shape index (κ2) is 15.3. The normalized spacial score (nSPS) is 13.4. The van der Waals surface area contributed by atoms with E-state index in [2.05, 4.69) is 32.2 Å². The highest BCUT2D eigenvalue weighted by Crippen LogP contribution is 2.25. The third-order valence-electron chi connectivity index (χ3n) is 7.03. The van der Waals surface area contributed by atoms with Gasteiger partial charge in [0, 0.05) is 24.8 Å². The van der Waals surface area contributed by atoms with Gasteiger partial charge in [-0.2, -0.15) is 0 Å². The first kappa shape index (κ1) is 31.7. The molecule has 2 heterocycles. The lowest BCUT2D eigenvalue weighted by Crippen LogP contribution is -2.40. The van der Waals surface area contributed by atoms with E-state index in [0.29, 0.717) is 24.8 Å². The van der Waals surface area contributed by atoms with E-state index in [9.17, 15) is 9.59 Å². The maximum atomic E-state index is 12.6. The number of ether oxygens (including phenoxy) is 1. The molecule has 3 aromatic carbocycles. The van der Waals surface area contributed by atoms with Gasteiger partial charge in [0.05, 0.1) is 17.6 Å². The van der Waals surface area contributed by atoms with Crippen molar-refractivity contribution in [1.29, 1.82) is 0 Å². The molecule has 1 saturated heterocycles. The summed E-state index contributed by atoms with van der Waals surface area (Å²) in [5, 5.41) is 20.5. The Bertz CT molecular complexity index is 1570. The molecule has 5 rings (SSSR count). The van der Waals surface area contributed by atoms with Crippen molar-refractivity contribution in [2.24, 2.45) is 5.92 Å². The predicted octanol–water partition coefficient (Wildman–Crippen LogP) is 4.08. The predicted molar refractivity (Wildman–Crippen MR) is 164 cm³/mol. The summed E-state index contributed by atoms with van der Waals surface area (Å²) >= 11 is 0. The molecule has 0 aliphatic carbocycles. The van der Waals surface area contributed by atoms with Crippen LogP contribution in [0.25, 0.3) is 11.0 Å². The number of carboxylic acids is 2. The molecule has 0 saturated carbocycles. The summed E-state index contributed by atoms with van der Waals surface area (Å²) in [6.45, 7) is 4.89. The number of fused-ring (bicyclic) bond motifs is 1. The maximum absolute atomic E-state index is 12.6. The molecular formula is C32H35N5O7. The number of imidazole rings is 1. The maximum Gasteiger partial charge on any atom is 0.414 e. The molecule has 0 radical (unpaired) electrons. The second-order valence-electron chi connectivity index (χ2n) is 10.4. The molecule has 1 aliphatic rings. The van der Waals surface area contributed by atoms with Gasteiger partial charge in [0.2, 0.25) is 11.8 Å². The summed E-state index contributed by atoms with van der Waals surface area (Å²) in [4.78, 5) is 49.1. The number of carbonyl (C=O) groups is 4. The highest BCUT2D eigenvalue weighted by Gasteiger charge is 2.23. The van der Waals surface area contributed by atoms with E-state index in [1.807, 2.05) is 42.5 Å². The van der Waals surface area contributed by atoms with Crippen LogP contribution in [0.1, 0.15) is 25.6 Å². The number of aromatic nitrogens is 2. The van der Waals surface area contributed by atoms with Gasteiger partial charge in [-0.25, -0.2) is 14.6 Å². The van der Waals surface area contributed by atoms with Crippen LogP contribution < -0.4 is 15.4 Å². The quantitative estimate of drug-likeness (QED) is 0.207. The molecule has 12 nitrogen and oxygen atoms in total. The van der Waals surface area contributed by atoms with Crippen molar-refractivity contribution in [1.82, 2.24) is 14.5 Å². The number of likely N-dealkylation sites (tertiary alicyclic amines) is 1. The Balaban J connectivity index is 0.000000670. The van der Waals surface area contributed by atoms with Gasteiger partial charge in [-0.15, -0.1) is 0 Å². The summed E-state index contributed by atoms with van der Waals surface area (Å²) in [6.07, 6.45) is 2.04. The Morgan fingerprint density at radius 2 is 1.43 bits per heavy atom. The van der Waals surface area contributed by atoms with E-state index < -0.39 is 11.9 Å². The minimum atomic E-state index is -1.82. The average molecular weight is 602 g/mol. The Hall–Kier alpha value is -5.23. The van der Waals surface area contributed by atoms with Gasteiger partial charge in [0.25, 0.3) is 0 Å². The van der Waals surface area contributed by atoms with Crippen LogP contribution in [0.3, 0.4) is 0 Å². The number of piperidine rings is 1. The zero-order valence-electron chi connectivity index (χ0n) is 24.3. The number of benzene rings is 3. The number of para-hydroxylation sites is 3. The minimum absolute atomic E-state index is 0.0309. The number of nitrogens with one attached hydrogen (secondary N) is 2. The molecule has 2 amide bonds. The third-order valence-corrected chi connectivity index (χ3v) is 7.03. The van der Waals surface area contributed by atoms with Gasteiger partial charge in [0.1, 0.15) is 18.2 Å². The van der Waals surface area contributed by atoms with Crippen LogP contribution in [0, 0.1) is 5.92 Å². The van der Waals surface area contributed by atoms with Crippen LogP contribution in [0.2, 0.25) is 0 Å². The number of carboxylic acid groups (broad SMARTS) is 2. The van der Waals surface area contributed by atoms with Crippen molar-refractivity contribution in [3.63, 3.8) is 0 Å². The SMILES string of the molecule is CC(=O)Nc1ccc(NC(=O)CN2CCC(Cn3c(COc4ccccc4)nc4ccccc43)CC2)cc1.O=C(O)C(=O)O. The van der Waals surface area contributed by atoms with Gasteiger partial charge < -0.3 is 30.2 Å². The molecule has 4 N–H and O–H groups in total. The number of hydrogen-bond acceptors (Lipinski definition) is 7. The van der Waals surface area contributed by atoms with Crippen LogP contribution in [-0.2, 0) is 32.3 Å². The molecule has 1 fully saturated rings. The lowest BCUT2D eigenvalue weighted by molar-refractivity contribution is -0.159. The molecule has 0 bridgehead atoms. The molecular weight excluding hydrogens is 566 g/mol. The smallest absolute Gasteiger partial charge is 0.414 e. The van der Waals surface area contributed by atoms with Crippen molar-refractivity contribution < 1.29 is 34.1 Å². The second-order valence-corrected chi connectivity index (χ2v) is 10.4. The fourth-order valence-corrected chi connectivity index (χ4v) is 4.93. The van der Waals surface area contributed by atoms with Crippen molar-refractivity contribution in [3.8, 4) is 5.75 Å². The van der Waals surface area contributed by atoms with Gasteiger partial charge >= 0.3 is 11.9 Å². The number of anilines is 2. The molecule has 1 aromatic heterocycles. The number of carbonyl (C=O) groups excluding carboxylic acids is 2. The molecule has 12 heteroatoms.